The van der Waals surface area contributed by atoms with Gasteiger partial charge in [0.25, 0.3) is 0 Å². The number of carbonyl (C=O) groups excluding carboxylic acids is 1. The van der Waals surface area contributed by atoms with Crippen LogP contribution in [0.15, 0.2) is 59.5 Å². The van der Waals surface area contributed by atoms with Crippen molar-refractivity contribution in [2.75, 3.05) is 6.61 Å². The Morgan fingerprint density at radius 3 is 2.26 bits per heavy atom. The molecule has 0 saturated heterocycles. The molecule has 1 atom stereocenters. The summed E-state index contributed by atoms with van der Waals surface area (Å²) in [6.45, 7) is 1.77. The number of hydrogen-bond acceptors (Lipinski definition) is 4. The number of carbonyl (C=O) groups is 1. The molecule has 2 aromatic rings. The van der Waals surface area contributed by atoms with Crippen LogP contribution in [-0.4, -0.2) is 26.2 Å². The van der Waals surface area contributed by atoms with Crippen LogP contribution < -0.4 is 0 Å². The first-order chi connectivity index (χ1) is 10.9. The summed E-state index contributed by atoms with van der Waals surface area (Å²) in [5.41, 5.74) is 0.701. The summed E-state index contributed by atoms with van der Waals surface area (Å²) in [4.78, 5) is 12.3. The molecular formula is C17H17ClO4S. The van der Waals surface area contributed by atoms with Crippen LogP contribution in [0.5, 0.6) is 0 Å². The number of sulfone groups is 1. The maximum atomic E-state index is 12.8. The van der Waals surface area contributed by atoms with Crippen molar-refractivity contribution in [2.45, 2.75) is 23.5 Å². The number of hydrogen-bond donors (Lipinski definition) is 0. The highest BCUT2D eigenvalue weighted by Crippen LogP contribution is 2.21. The number of ether oxygens (including phenoxy) is 1. The second kappa shape index (κ2) is 7.62. The van der Waals surface area contributed by atoms with Gasteiger partial charge in [0.2, 0.25) is 0 Å². The van der Waals surface area contributed by atoms with E-state index in [1.807, 2.05) is 0 Å². The molecule has 0 N–H and O–H groups in total. The monoisotopic (exact) mass is 352 g/mol. The van der Waals surface area contributed by atoms with Crippen molar-refractivity contribution in [2.24, 2.45) is 0 Å². The number of rotatable bonds is 6. The lowest BCUT2D eigenvalue weighted by molar-refractivity contribution is -0.142. The molecule has 0 aromatic heterocycles. The average Bonchev–Trinajstić information content (AvgIpc) is 2.55. The Hall–Kier alpha value is -1.85. The third-order valence-corrected chi connectivity index (χ3v) is 5.62. The van der Waals surface area contributed by atoms with Crippen LogP contribution in [0.3, 0.4) is 0 Å². The average molecular weight is 353 g/mol. The lowest BCUT2D eigenvalue weighted by Gasteiger charge is -2.16. The topological polar surface area (TPSA) is 60.4 Å². The van der Waals surface area contributed by atoms with Gasteiger partial charge < -0.3 is 4.74 Å². The Labute approximate surface area is 141 Å². The van der Waals surface area contributed by atoms with Gasteiger partial charge in [-0.05, 0) is 36.8 Å². The molecule has 0 amide bonds. The summed E-state index contributed by atoms with van der Waals surface area (Å²) in [5.74, 6) is -0.744. The molecule has 0 saturated carbocycles. The van der Waals surface area contributed by atoms with Crippen molar-refractivity contribution < 1.29 is 17.9 Å². The first-order valence-corrected chi connectivity index (χ1v) is 9.07. The Balaban J connectivity index is 2.38. The van der Waals surface area contributed by atoms with Crippen LogP contribution in [0.25, 0.3) is 0 Å². The van der Waals surface area contributed by atoms with E-state index < -0.39 is 21.1 Å². The van der Waals surface area contributed by atoms with Gasteiger partial charge in [-0.25, -0.2) is 8.42 Å². The summed E-state index contributed by atoms with van der Waals surface area (Å²) in [5, 5.41) is -0.738. The Bertz CT molecular complexity index is 755. The second-order valence-corrected chi connectivity index (χ2v) is 7.50. The highest BCUT2D eigenvalue weighted by atomic mass is 35.5. The minimum absolute atomic E-state index is 0.0350. The van der Waals surface area contributed by atoms with Gasteiger partial charge in [-0.1, -0.05) is 41.9 Å². The lowest BCUT2D eigenvalue weighted by atomic mass is 10.1. The molecule has 0 heterocycles. The van der Waals surface area contributed by atoms with E-state index in [1.54, 1.807) is 49.4 Å². The van der Waals surface area contributed by atoms with Crippen LogP contribution in [0, 0.1) is 0 Å². The van der Waals surface area contributed by atoms with Crippen LogP contribution in [0.1, 0.15) is 12.5 Å². The molecule has 1 unspecified atom stereocenters. The molecule has 0 fully saturated rings. The lowest BCUT2D eigenvalue weighted by Crippen LogP contribution is -2.34. The number of halogens is 1. The minimum atomic E-state index is -3.84. The van der Waals surface area contributed by atoms with Gasteiger partial charge in [0.1, 0.15) is 0 Å². The molecule has 0 bridgehead atoms. The van der Waals surface area contributed by atoms with Gasteiger partial charge in [-0.2, -0.15) is 0 Å². The fourth-order valence-corrected chi connectivity index (χ4v) is 3.89. The van der Waals surface area contributed by atoms with Crippen molar-refractivity contribution in [3.8, 4) is 0 Å². The van der Waals surface area contributed by atoms with E-state index in [2.05, 4.69) is 0 Å². The molecule has 2 aromatic carbocycles. The molecule has 6 heteroatoms. The molecule has 2 rings (SSSR count). The van der Waals surface area contributed by atoms with E-state index in [9.17, 15) is 13.2 Å². The van der Waals surface area contributed by atoms with Crippen molar-refractivity contribution in [3.63, 3.8) is 0 Å². The summed E-state index contributed by atoms with van der Waals surface area (Å²) >= 11 is 5.84. The zero-order valence-electron chi connectivity index (χ0n) is 12.6. The standard InChI is InChI=1S/C17H17ClO4S/c1-2-22-17(19)16(12-13-8-10-14(18)11-9-13)23(20,21)15-6-4-3-5-7-15/h3-11,16H,2,12H2,1H3. The summed E-state index contributed by atoms with van der Waals surface area (Å²) < 4.78 is 30.5. The fourth-order valence-electron chi connectivity index (χ4n) is 2.16. The summed E-state index contributed by atoms with van der Waals surface area (Å²) in [7, 11) is -3.84. The smallest absolute Gasteiger partial charge is 0.325 e. The van der Waals surface area contributed by atoms with Gasteiger partial charge in [0, 0.05) is 11.4 Å². The molecule has 0 radical (unpaired) electrons. The van der Waals surface area contributed by atoms with Gasteiger partial charge in [-0.3, -0.25) is 4.79 Å². The zero-order valence-corrected chi connectivity index (χ0v) is 14.2. The predicted molar refractivity (Wildman–Crippen MR) is 89.2 cm³/mol. The highest BCUT2D eigenvalue weighted by Gasteiger charge is 2.35. The normalized spacial score (nSPS) is 12.6. The summed E-state index contributed by atoms with van der Waals surface area (Å²) in [6.07, 6.45) is 0.0350. The van der Waals surface area contributed by atoms with Crippen molar-refractivity contribution >= 4 is 27.4 Å². The number of esters is 1. The van der Waals surface area contributed by atoms with Gasteiger partial charge in [0.15, 0.2) is 15.1 Å². The maximum absolute atomic E-state index is 12.8. The first-order valence-electron chi connectivity index (χ1n) is 7.15. The van der Waals surface area contributed by atoms with E-state index in [1.165, 1.54) is 12.1 Å². The van der Waals surface area contributed by atoms with Crippen molar-refractivity contribution in [3.05, 3.63) is 65.2 Å². The largest absolute Gasteiger partial charge is 0.465 e. The third kappa shape index (κ3) is 4.33. The molecular weight excluding hydrogens is 336 g/mol. The number of benzene rings is 2. The minimum Gasteiger partial charge on any atom is -0.465 e. The van der Waals surface area contributed by atoms with Gasteiger partial charge in [0.05, 0.1) is 11.5 Å². The van der Waals surface area contributed by atoms with E-state index in [-0.39, 0.29) is 17.9 Å². The molecule has 0 spiro atoms. The molecule has 0 aliphatic rings. The van der Waals surface area contributed by atoms with Gasteiger partial charge in [-0.15, -0.1) is 0 Å². The molecule has 0 aliphatic heterocycles. The van der Waals surface area contributed by atoms with Crippen molar-refractivity contribution in [1.82, 2.24) is 0 Å². The van der Waals surface area contributed by atoms with E-state index in [0.717, 1.165) is 0 Å². The van der Waals surface area contributed by atoms with E-state index in [0.29, 0.717) is 10.6 Å². The fraction of sp³-hybridized carbons (Fsp3) is 0.235. The van der Waals surface area contributed by atoms with Crippen LogP contribution >= 0.6 is 11.6 Å². The quantitative estimate of drug-likeness (QED) is 0.748. The van der Waals surface area contributed by atoms with E-state index >= 15 is 0 Å². The molecule has 0 aliphatic carbocycles. The Morgan fingerprint density at radius 1 is 1.09 bits per heavy atom. The maximum Gasteiger partial charge on any atom is 0.325 e. The van der Waals surface area contributed by atoms with Crippen molar-refractivity contribution in [1.29, 1.82) is 0 Å². The zero-order chi connectivity index (χ0) is 16.9. The first kappa shape index (κ1) is 17.5. The predicted octanol–water partition coefficient (Wildman–Crippen LogP) is 3.29. The second-order valence-electron chi connectivity index (χ2n) is 4.93. The Morgan fingerprint density at radius 2 is 1.70 bits per heavy atom. The van der Waals surface area contributed by atoms with Gasteiger partial charge >= 0.3 is 5.97 Å². The molecule has 4 nitrogen and oxygen atoms in total. The third-order valence-electron chi connectivity index (χ3n) is 3.33. The van der Waals surface area contributed by atoms with Crippen LogP contribution in [0.4, 0.5) is 0 Å². The van der Waals surface area contributed by atoms with Crippen LogP contribution in [0.2, 0.25) is 5.02 Å². The Kier molecular flexibility index (Phi) is 5.80. The highest BCUT2D eigenvalue weighted by molar-refractivity contribution is 7.92. The summed E-state index contributed by atoms with van der Waals surface area (Å²) in [6, 6.07) is 14.6. The molecule has 23 heavy (non-hydrogen) atoms. The van der Waals surface area contributed by atoms with E-state index in [4.69, 9.17) is 16.3 Å². The molecule has 122 valence electrons. The SMILES string of the molecule is CCOC(=O)C(Cc1ccc(Cl)cc1)S(=O)(=O)c1ccccc1. The van der Waals surface area contributed by atoms with Crippen LogP contribution in [-0.2, 0) is 25.8 Å².